The molecule has 0 radical (unpaired) electrons. The first-order chi connectivity index (χ1) is 9.75. The number of rotatable bonds is 4. The maximum absolute atomic E-state index is 10.4. The molecule has 1 heterocycles. The standard InChI is InChI=1S/C15H19N3O2/c19-15(9-5-2-6-10-15)11-16-14-17-13(20-18-14)12-7-3-1-4-8-12/h1,3-4,7-8,19H,2,5-6,9-11H2,(H,16,18). The van der Waals surface area contributed by atoms with Gasteiger partial charge in [-0.15, -0.1) is 0 Å². The van der Waals surface area contributed by atoms with E-state index in [9.17, 15) is 5.11 Å². The minimum atomic E-state index is -0.633. The number of benzene rings is 1. The lowest BCUT2D eigenvalue weighted by molar-refractivity contribution is 0.0165. The molecule has 0 unspecified atom stereocenters. The maximum atomic E-state index is 10.4. The summed E-state index contributed by atoms with van der Waals surface area (Å²) in [4.78, 5) is 4.30. The maximum Gasteiger partial charge on any atom is 0.263 e. The molecule has 1 aromatic heterocycles. The van der Waals surface area contributed by atoms with E-state index >= 15 is 0 Å². The summed E-state index contributed by atoms with van der Waals surface area (Å²) >= 11 is 0. The first kappa shape index (κ1) is 13.1. The number of hydrogen-bond donors (Lipinski definition) is 2. The van der Waals surface area contributed by atoms with E-state index in [-0.39, 0.29) is 0 Å². The Balaban J connectivity index is 1.63. The molecule has 106 valence electrons. The van der Waals surface area contributed by atoms with Crippen molar-refractivity contribution in [1.82, 2.24) is 10.1 Å². The Bertz CT molecular complexity index is 547. The van der Waals surface area contributed by atoms with E-state index in [1.54, 1.807) is 0 Å². The number of anilines is 1. The molecule has 1 fully saturated rings. The van der Waals surface area contributed by atoms with Crippen molar-refractivity contribution in [3.8, 4) is 11.5 Å². The van der Waals surface area contributed by atoms with Crippen molar-refractivity contribution in [3.05, 3.63) is 30.3 Å². The summed E-state index contributed by atoms with van der Waals surface area (Å²) in [5.41, 5.74) is 0.260. The zero-order valence-corrected chi connectivity index (χ0v) is 11.4. The second-order valence-corrected chi connectivity index (χ2v) is 5.43. The van der Waals surface area contributed by atoms with Crippen LogP contribution < -0.4 is 5.32 Å². The van der Waals surface area contributed by atoms with Gasteiger partial charge in [0.05, 0.1) is 5.60 Å². The van der Waals surface area contributed by atoms with Crippen LogP contribution in [0.5, 0.6) is 0 Å². The molecule has 1 aliphatic carbocycles. The molecule has 5 heteroatoms. The van der Waals surface area contributed by atoms with Gasteiger partial charge in [-0.1, -0.05) is 37.5 Å². The molecule has 1 saturated carbocycles. The molecule has 0 bridgehead atoms. The summed E-state index contributed by atoms with van der Waals surface area (Å²) < 4.78 is 5.22. The Labute approximate surface area is 118 Å². The van der Waals surface area contributed by atoms with Gasteiger partial charge < -0.3 is 14.9 Å². The van der Waals surface area contributed by atoms with Gasteiger partial charge in [0.25, 0.3) is 11.8 Å². The molecule has 5 nitrogen and oxygen atoms in total. The first-order valence-electron chi connectivity index (χ1n) is 7.11. The molecule has 0 saturated heterocycles. The number of aliphatic hydroxyl groups is 1. The van der Waals surface area contributed by atoms with Crippen molar-refractivity contribution < 1.29 is 9.63 Å². The van der Waals surface area contributed by atoms with Gasteiger partial charge in [0.15, 0.2) is 0 Å². The zero-order valence-electron chi connectivity index (χ0n) is 11.4. The number of nitrogens with zero attached hydrogens (tertiary/aromatic N) is 2. The van der Waals surface area contributed by atoms with Gasteiger partial charge in [-0.05, 0) is 30.1 Å². The summed E-state index contributed by atoms with van der Waals surface area (Å²) in [5.74, 6) is 0.923. The van der Waals surface area contributed by atoms with Gasteiger partial charge in [-0.3, -0.25) is 0 Å². The molecule has 0 aliphatic heterocycles. The van der Waals surface area contributed by atoms with Crippen LogP contribution in [0.25, 0.3) is 11.5 Å². The predicted molar refractivity (Wildman–Crippen MR) is 76.3 cm³/mol. The molecule has 2 N–H and O–H groups in total. The van der Waals surface area contributed by atoms with E-state index in [4.69, 9.17) is 4.52 Å². The average Bonchev–Trinajstić information content (AvgIpc) is 2.96. The fourth-order valence-electron chi connectivity index (χ4n) is 2.62. The van der Waals surface area contributed by atoms with Gasteiger partial charge >= 0.3 is 0 Å². The van der Waals surface area contributed by atoms with Gasteiger partial charge in [-0.25, -0.2) is 0 Å². The molecule has 1 aliphatic rings. The minimum Gasteiger partial charge on any atom is -0.388 e. The van der Waals surface area contributed by atoms with E-state index < -0.39 is 5.60 Å². The second-order valence-electron chi connectivity index (χ2n) is 5.43. The van der Waals surface area contributed by atoms with Crippen LogP contribution in [0.1, 0.15) is 32.1 Å². The van der Waals surface area contributed by atoms with Crippen LogP contribution >= 0.6 is 0 Å². The lowest BCUT2D eigenvalue weighted by Crippen LogP contribution is -2.38. The lowest BCUT2D eigenvalue weighted by Gasteiger charge is -2.31. The Hall–Kier alpha value is -1.88. The number of nitrogens with one attached hydrogen (secondary N) is 1. The van der Waals surface area contributed by atoms with Gasteiger partial charge in [0.1, 0.15) is 0 Å². The normalized spacial score (nSPS) is 17.9. The average molecular weight is 273 g/mol. The van der Waals surface area contributed by atoms with Crippen molar-refractivity contribution >= 4 is 5.95 Å². The molecule has 0 atom stereocenters. The first-order valence-corrected chi connectivity index (χ1v) is 7.11. The predicted octanol–water partition coefficient (Wildman–Crippen LogP) is 2.84. The quantitative estimate of drug-likeness (QED) is 0.896. The van der Waals surface area contributed by atoms with Crippen LogP contribution in [0.2, 0.25) is 0 Å². The molecule has 2 aromatic rings. The van der Waals surface area contributed by atoms with E-state index in [1.165, 1.54) is 6.42 Å². The van der Waals surface area contributed by atoms with E-state index in [0.29, 0.717) is 18.4 Å². The van der Waals surface area contributed by atoms with Crippen molar-refractivity contribution in [1.29, 1.82) is 0 Å². The van der Waals surface area contributed by atoms with Crippen molar-refractivity contribution in [2.45, 2.75) is 37.7 Å². The van der Waals surface area contributed by atoms with Crippen LogP contribution in [0, 0.1) is 0 Å². The summed E-state index contributed by atoms with van der Waals surface area (Å²) in [6, 6.07) is 9.64. The topological polar surface area (TPSA) is 71.2 Å². The molecular formula is C15H19N3O2. The van der Waals surface area contributed by atoms with Crippen LogP contribution in [-0.4, -0.2) is 27.4 Å². The summed E-state index contributed by atoms with van der Waals surface area (Å²) in [6.07, 6.45) is 5.05. The fraction of sp³-hybridized carbons (Fsp3) is 0.467. The summed E-state index contributed by atoms with van der Waals surface area (Å²) in [5, 5.41) is 17.4. The third-order valence-electron chi connectivity index (χ3n) is 3.81. The van der Waals surface area contributed by atoms with Crippen molar-refractivity contribution in [2.24, 2.45) is 0 Å². The summed E-state index contributed by atoms with van der Waals surface area (Å²) in [6.45, 7) is 0.473. The van der Waals surface area contributed by atoms with Gasteiger partial charge in [0.2, 0.25) is 0 Å². The Morgan fingerprint density at radius 3 is 2.65 bits per heavy atom. The molecule has 20 heavy (non-hydrogen) atoms. The Morgan fingerprint density at radius 1 is 1.15 bits per heavy atom. The SMILES string of the molecule is OC1(CNc2noc(-c3ccccc3)n2)CCCCC1. The highest BCUT2D eigenvalue weighted by Crippen LogP contribution is 2.28. The second kappa shape index (κ2) is 5.63. The number of aromatic nitrogens is 2. The fourth-order valence-corrected chi connectivity index (χ4v) is 2.62. The van der Waals surface area contributed by atoms with Crippen LogP contribution in [-0.2, 0) is 0 Å². The monoisotopic (exact) mass is 273 g/mol. The molecular weight excluding hydrogens is 254 g/mol. The molecule has 1 aromatic carbocycles. The largest absolute Gasteiger partial charge is 0.388 e. The van der Waals surface area contributed by atoms with Crippen molar-refractivity contribution in [2.75, 3.05) is 11.9 Å². The van der Waals surface area contributed by atoms with Crippen LogP contribution in [0.3, 0.4) is 0 Å². The third kappa shape index (κ3) is 2.99. The Morgan fingerprint density at radius 2 is 1.90 bits per heavy atom. The van der Waals surface area contributed by atoms with Crippen LogP contribution in [0.15, 0.2) is 34.9 Å². The van der Waals surface area contributed by atoms with E-state index in [0.717, 1.165) is 31.2 Å². The van der Waals surface area contributed by atoms with Gasteiger partial charge in [0, 0.05) is 12.1 Å². The molecule has 3 rings (SSSR count). The van der Waals surface area contributed by atoms with Crippen LogP contribution in [0.4, 0.5) is 5.95 Å². The summed E-state index contributed by atoms with van der Waals surface area (Å²) in [7, 11) is 0. The zero-order chi connectivity index (χ0) is 13.8. The third-order valence-corrected chi connectivity index (χ3v) is 3.81. The Kier molecular flexibility index (Phi) is 3.69. The highest BCUT2D eigenvalue weighted by molar-refractivity contribution is 5.53. The number of hydrogen-bond acceptors (Lipinski definition) is 5. The highest BCUT2D eigenvalue weighted by atomic mass is 16.5. The van der Waals surface area contributed by atoms with E-state index in [1.807, 2.05) is 30.3 Å². The minimum absolute atomic E-state index is 0.433. The smallest absolute Gasteiger partial charge is 0.263 e. The van der Waals surface area contributed by atoms with E-state index in [2.05, 4.69) is 15.5 Å². The lowest BCUT2D eigenvalue weighted by atomic mass is 9.85. The van der Waals surface area contributed by atoms with Crippen molar-refractivity contribution in [3.63, 3.8) is 0 Å². The highest BCUT2D eigenvalue weighted by Gasteiger charge is 2.29. The molecule has 0 spiro atoms. The van der Waals surface area contributed by atoms with Gasteiger partial charge in [-0.2, -0.15) is 4.98 Å². The molecule has 0 amide bonds.